The van der Waals surface area contributed by atoms with Gasteiger partial charge in [-0.2, -0.15) is 13.2 Å². The standard InChI is InChI=1S/C10H14F3NO6/c1-2-19-7(15)4-3-6(8(16)17)14-9(18)20-5-10(11,12)13/h6H,2-5H2,1H3,(H,14,18)(H,16,17)/t6-/m0/s1. The van der Waals surface area contributed by atoms with Crippen LogP contribution >= 0.6 is 0 Å². The molecule has 0 aromatic rings. The van der Waals surface area contributed by atoms with E-state index in [2.05, 4.69) is 9.47 Å². The first-order valence-corrected chi connectivity index (χ1v) is 5.54. The number of carboxylic acids is 1. The summed E-state index contributed by atoms with van der Waals surface area (Å²) in [6.07, 6.45) is -6.86. The van der Waals surface area contributed by atoms with E-state index in [4.69, 9.17) is 5.11 Å². The molecule has 0 spiro atoms. The quantitative estimate of drug-likeness (QED) is 0.682. The Hall–Kier alpha value is -2.00. The molecule has 0 radical (unpaired) electrons. The third-order valence-electron chi connectivity index (χ3n) is 1.90. The molecule has 0 saturated heterocycles. The highest BCUT2D eigenvalue weighted by molar-refractivity contribution is 5.80. The summed E-state index contributed by atoms with van der Waals surface area (Å²) in [5, 5.41) is 10.5. The van der Waals surface area contributed by atoms with E-state index in [-0.39, 0.29) is 19.4 Å². The minimum atomic E-state index is -4.71. The summed E-state index contributed by atoms with van der Waals surface area (Å²) < 4.78 is 43.6. The van der Waals surface area contributed by atoms with Gasteiger partial charge < -0.3 is 19.9 Å². The molecule has 20 heavy (non-hydrogen) atoms. The van der Waals surface area contributed by atoms with Crippen LogP contribution in [0.1, 0.15) is 19.8 Å². The number of halogens is 3. The molecule has 7 nitrogen and oxygen atoms in total. The summed E-state index contributed by atoms with van der Waals surface area (Å²) in [4.78, 5) is 32.7. The number of ether oxygens (including phenoxy) is 2. The van der Waals surface area contributed by atoms with E-state index in [0.717, 1.165) is 0 Å². The van der Waals surface area contributed by atoms with Crippen LogP contribution in [-0.4, -0.2) is 48.6 Å². The number of amides is 1. The number of rotatable bonds is 7. The first kappa shape index (κ1) is 18.0. The molecule has 0 aliphatic heterocycles. The maximum Gasteiger partial charge on any atom is 0.422 e. The van der Waals surface area contributed by atoms with Crippen molar-refractivity contribution >= 4 is 18.0 Å². The average molecular weight is 301 g/mol. The molecule has 0 fully saturated rings. The first-order chi connectivity index (χ1) is 9.15. The van der Waals surface area contributed by atoms with E-state index in [1.54, 1.807) is 12.2 Å². The van der Waals surface area contributed by atoms with Crippen LogP contribution in [0, 0.1) is 0 Å². The number of aliphatic carboxylic acids is 1. The lowest BCUT2D eigenvalue weighted by atomic mass is 10.1. The van der Waals surface area contributed by atoms with Crippen molar-refractivity contribution in [2.45, 2.75) is 32.0 Å². The van der Waals surface area contributed by atoms with Crippen LogP contribution in [0.5, 0.6) is 0 Å². The predicted molar refractivity (Wildman–Crippen MR) is 57.8 cm³/mol. The van der Waals surface area contributed by atoms with Gasteiger partial charge in [0.1, 0.15) is 6.04 Å². The topological polar surface area (TPSA) is 102 Å². The Morgan fingerprint density at radius 3 is 2.30 bits per heavy atom. The van der Waals surface area contributed by atoms with Gasteiger partial charge in [-0.3, -0.25) is 4.79 Å². The molecule has 0 unspecified atom stereocenters. The molecule has 0 heterocycles. The minimum Gasteiger partial charge on any atom is -0.480 e. The molecule has 1 atom stereocenters. The highest BCUT2D eigenvalue weighted by Crippen LogP contribution is 2.14. The van der Waals surface area contributed by atoms with Crippen molar-refractivity contribution in [2.24, 2.45) is 0 Å². The Morgan fingerprint density at radius 1 is 1.25 bits per heavy atom. The summed E-state index contributed by atoms with van der Waals surface area (Å²) >= 11 is 0. The third-order valence-corrected chi connectivity index (χ3v) is 1.90. The van der Waals surface area contributed by atoms with Crippen LogP contribution < -0.4 is 5.32 Å². The molecule has 0 aromatic heterocycles. The number of esters is 1. The van der Waals surface area contributed by atoms with Crippen molar-refractivity contribution in [3.8, 4) is 0 Å². The first-order valence-electron chi connectivity index (χ1n) is 5.54. The molecule has 2 N–H and O–H groups in total. The summed E-state index contributed by atoms with van der Waals surface area (Å²) in [7, 11) is 0. The maximum absolute atomic E-state index is 11.8. The Morgan fingerprint density at radius 2 is 1.85 bits per heavy atom. The zero-order chi connectivity index (χ0) is 15.8. The number of carbonyl (C=O) groups is 3. The van der Waals surface area contributed by atoms with E-state index in [9.17, 15) is 27.6 Å². The van der Waals surface area contributed by atoms with Gasteiger partial charge >= 0.3 is 24.2 Å². The average Bonchev–Trinajstić information content (AvgIpc) is 2.31. The monoisotopic (exact) mass is 301 g/mol. The van der Waals surface area contributed by atoms with E-state index in [1.165, 1.54) is 0 Å². The Labute approximate surface area is 112 Å². The lowest BCUT2D eigenvalue weighted by Crippen LogP contribution is -2.42. The predicted octanol–water partition coefficient (Wildman–Crippen LogP) is 1.07. The molecule has 0 aliphatic rings. The van der Waals surface area contributed by atoms with Crippen LogP contribution in [-0.2, 0) is 19.1 Å². The van der Waals surface area contributed by atoms with Gasteiger partial charge in [0.2, 0.25) is 0 Å². The molecular weight excluding hydrogens is 287 g/mol. The molecule has 0 saturated carbocycles. The Kier molecular flexibility index (Phi) is 7.40. The smallest absolute Gasteiger partial charge is 0.422 e. The van der Waals surface area contributed by atoms with Crippen molar-refractivity contribution < 1.29 is 42.1 Å². The molecule has 0 aromatic carbocycles. The van der Waals surface area contributed by atoms with Crippen LogP contribution in [0.3, 0.4) is 0 Å². The summed E-state index contributed by atoms with van der Waals surface area (Å²) in [5.74, 6) is -2.18. The van der Waals surface area contributed by atoms with Crippen molar-refractivity contribution in [1.82, 2.24) is 5.32 Å². The minimum absolute atomic E-state index is 0.109. The van der Waals surface area contributed by atoms with E-state index in [0.29, 0.717) is 0 Å². The van der Waals surface area contributed by atoms with Gasteiger partial charge in [0.05, 0.1) is 6.61 Å². The van der Waals surface area contributed by atoms with Gasteiger partial charge in [0.25, 0.3) is 0 Å². The van der Waals surface area contributed by atoms with Gasteiger partial charge in [-0.15, -0.1) is 0 Å². The molecular formula is C10H14F3NO6. The second-order valence-corrected chi connectivity index (χ2v) is 3.57. The number of hydrogen-bond donors (Lipinski definition) is 2. The Balaban J connectivity index is 4.23. The lowest BCUT2D eigenvalue weighted by Gasteiger charge is -2.14. The SMILES string of the molecule is CCOC(=O)CC[C@H](NC(=O)OCC(F)(F)F)C(=O)O. The normalized spacial score (nSPS) is 12.4. The maximum atomic E-state index is 11.8. The Bertz CT molecular complexity index is 357. The summed E-state index contributed by atoms with van der Waals surface area (Å²) in [6.45, 7) is -0.167. The van der Waals surface area contributed by atoms with Gasteiger partial charge in [-0.05, 0) is 13.3 Å². The van der Waals surface area contributed by atoms with Crippen LogP contribution in [0.15, 0.2) is 0 Å². The van der Waals surface area contributed by atoms with Crippen LogP contribution in [0.4, 0.5) is 18.0 Å². The highest BCUT2D eigenvalue weighted by Gasteiger charge is 2.30. The zero-order valence-electron chi connectivity index (χ0n) is 10.5. The van der Waals surface area contributed by atoms with E-state index < -0.39 is 36.9 Å². The van der Waals surface area contributed by atoms with Crippen molar-refractivity contribution in [3.05, 3.63) is 0 Å². The highest BCUT2D eigenvalue weighted by atomic mass is 19.4. The van der Waals surface area contributed by atoms with Crippen molar-refractivity contribution in [1.29, 1.82) is 0 Å². The van der Waals surface area contributed by atoms with Gasteiger partial charge in [0.15, 0.2) is 6.61 Å². The van der Waals surface area contributed by atoms with Gasteiger partial charge in [0, 0.05) is 6.42 Å². The fourth-order valence-electron chi connectivity index (χ4n) is 1.08. The summed E-state index contributed by atoms with van der Waals surface area (Å²) in [6, 6.07) is -1.54. The fourth-order valence-corrected chi connectivity index (χ4v) is 1.08. The second-order valence-electron chi connectivity index (χ2n) is 3.57. The second kappa shape index (κ2) is 8.23. The largest absolute Gasteiger partial charge is 0.480 e. The molecule has 1 amide bonds. The number of carboxylic acid groups (broad SMARTS) is 1. The summed E-state index contributed by atoms with van der Waals surface area (Å²) in [5.41, 5.74) is 0. The van der Waals surface area contributed by atoms with Gasteiger partial charge in [-0.1, -0.05) is 0 Å². The molecule has 10 heteroatoms. The van der Waals surface area contributed by atoms with Crippen LogP contribution in [0.25, 0.3) is 0 Å². The van der Waals surface area contributed by atoms with E-state index >= 15 is 0 Å². The number of alkyl halides is 3. The molecule has 116 valence electrons. The number of nitrogens with one attached hydrogen (secondary N) is 1. The molecule has 0 bridgehead atoms. The van der Waals surface area contributed by atoms with Gasteiger partial charge in [-0.25, -0.2) is 9.59 Å². The third kappa shape index (κ3) is 9.00. The zero-order valence-corrected chi connectivity index (χ0v) is 10.5. The lowest BCUT2D eigenvalue weighted by molar-refractivity contribution is -0.160. The number of hydrogen-bond acceptors (Lipinski definition) is 5. The van der Waals surface area contributed by atoms with Crippen molar-refractivity contribution in [2.75, 3.05) is 13.2 Å². The van der Waals surface area contributed by atoms with Crippen LogP contribution in [0.2, 0.25) is 0 Å². The number of carbonyl (C=O) groups excluding carboxylic acids is 2. The van der Waals surface area contributed by atoms with Crippen molar-refractivity contribution in [3.63, 3.8) is 0 Å². The van der Waals surface area contributed by atoms with E-state index in [1.807, 2.05) is 0 Å². The fraction of sp³-hybridized carbons (Fsp3) is 0.700. The molecule has 0 aliphatic carbocycles. The molecule has 0 rings (SSSR count). The number of alkyl carbamates (subject to hydrolysis) is 1.